The number of aromatic nitrogens is 1. The highest BCUT2D eigenvalue weighted by molar-refractivity contribution is 6.31. The van der Waals surface area contributed by atoms with E-state index in [0.717, 1.165) is 39.0 Å². The van der Waals surface area contributed by atoms with Crippen molar-refractivity contribution in [3.63, 3.8) is 0 Å². The van der Waals surface area contributed by atoms with Crippen molar-refractivity contribution >= 4 is 28.5 Å². The predicted octanol–water partition coefficient (Wildman–Crippen LogP) is 5.62. The van der Waals surface area contributed by atoms with E-state index in [1.165, 1.54) is 6.07 Å². The number of aromatic amines is 1. The Hall–Kier alpha value is -3.51. The number of nitrogens with two attached hydrogens (primary N) is 1. The van der Waals surface area contributed by atoms with Gasteiger partial charge in [0.25, 0.3) is 0 Å². The maximum atomic E-state index is 13.9. The first-order valence-corrected chi connectivity index (χ1v) is 10.1. The van der Waals surface area contributed by atoms with Crippen LogP contribution in [0.5, 0.6) is 5.75 Å². The van der Waals surface area contributed by atoms with Crippen LogP contribution < -0.4 is 10.5 Å². The summed E-state index contributed by atoms with van der Waals surface area (Å²) in [5, 5.41) is 0.790. The summed E-state index contributed by atoms with van der Waals surface area (Å²) >= 11 is 6.03. The number of urea groups is 1. The minimum Gasteiger partial charge on any atom is -0.497 e. The molecule has 156 valence electrons. The van der Waals surface area contributed by atoms with Crippen LogP contribution in [0.25, 0.3) is 22.0 Å². The molecule has 0 radical (unpaired) electrons. The summed E-state index contributed by atoms with van der Waals surface area (Å²) in [5.74, 6) is 0.279. The molecular formula is C24H19ClFN3O2. The average molecular weight is 436 g/mol. The molecule has 2 heterocycles. The maximum absolute atomic E-state index is 13.9. The molecule has 5 nitrogen and oxygen atoms in total. The molecule has 0 saturated heterocycles. The van der Waals surface area contributed by atoms with Crippen molar-refractivity contribution in [2.75, 3.05) is 7.11 Å². The van der Waals surface area contributed by atoms with Crippen molar-refractivity contribution in [2.45, 2.75) is 12.6 Å². The quantitative estimate of drug-likeness (QED) is 0.438. The van der Waals surface area contributed by atoms with Gasteiger partial charge in [0.2, 0.25) is 0 Å². The number of benzene rings is 3. The van der Waals surface area contributed by atoms with E-state index in [0.29, 0.717) is 12.1 Å². The van der Waals surface area contributed by atoms with Gasteiger partial charge in [-0.25, -0.2) is 9.18 Å². The SMILES string of the molecule is COc1cccc(-c2ccc3c(c2)CN(C(N)=O)C3c2c[nH]c3cc(F)c(Cl)cc23)c1. The average Bonchev–Trinajstić information content (AvgIpc) is 3.34. The van der Waals surface area contributed by atoms with Gasteiger partial charge in [-0.3, -0.25) is 0 Å². The van der Waals surface area contributed by atoms with Crippen LogP contribution >= 0.6 is 11.6 Å². The molecule has 4 aromatic rings. The lowest BCUT2D eigenvalue weighted by molar-refractivity contribution is 0.199. The lowest BCUT2D eigenvalue weighted by atomic mass is 9.94. The number of ether oxygens (including phenoxy) is 1. The van der Waals surface area contributed by atoms with Crippen LogP contribution in [0.4, 0.5) is 9.18 Å². The first kappa shape index (κ1) is 19.5. The molecule has 1 aromatic heterocycles. The largest absolute Gasteiger partial charge is 0.497 e. The number of methoxy groups -OCH3 is 1. The van der Waals surface area contributed by atoms with E-state index in [-0.39, 0.29) is 11.1 Å². The third-order valence-corrected chi connectivity index (χ3v) is 6.11. The Morgan fingerprint density at radius 3 is 2.74 bits per heavy atom. The summed E-state index contributed by atoms with van der Waals surface area (Å²) in [5.41, 5.74) is 11.2. The summed E-state index contributed by atoms with van der Waals surface area (Å²) in [6.07, 6.45) is 1.78. The van der Waals surface area contributed by atoms with Gasteiger partial charge in [0, 0.05) is 29.2 Å². The van der Waals surface area contributed by atoms with Crippen molar-refractivity contribution in [3.8, 4) is 16.9 Å². The number of primary amides is 1. The fraction of sp³-hybridized carbons (Fsp3) is 0.125. The van der Waals surface area contributed by atoms with Crippen LogP contribution in [0.1, 0.15) is 22.7 Å². The highest BCUT2D eigenvalue weighted by atomic mass is 35.5. The third kappa shape index (κ3) is 3.20. The molecule has 5 rings (SSSR count). The third-order valence-electron chi connectivity index (χ3n) is 5.83. The van der Waals surface area contributed by atoms with Gasteiger partial charge in [0.1, 0.15) is 11.6 Å². The van der Waals surface area contributed by atoms with Crippen LogP contribution in [0.2, 0.25) is 5.02 Å². The smallest absolute Gasteiger partial charge is 0.315 e. The van der Waals surface area contributed by atoms with Gasteiger partial charge >= 0.3 is 6.03 Å². The van der Waals surface area contributed by atoms with Gasteiger partial charge in [-0.2, -0.15) is 0 Å². The number of H-pyrrole nitrogens is 1. The number of hydrogen-bond donors (Lipinski definition) is 2. The van der Waals surface area contributed by atoms with E-state index in [9.17, 15) is 9.18 Å². The van der Waals surface area contributed by atoms with Crippen LogP contribution in [0, 0.1) is 5.82 Å². The second-order valence-corrected chi connectivity index (χ2v) is 7.98. The molecule has 2 amide bonds. The number of halogens is 2. The van der Waals surface area contributed by atoms with E-state index in [1.54, 1.807) is 24.3 Å². The number of fused-ring (bicyclic) bond motifs is 2. The van der Waals surface area contributed by atoms with Gasteiger partial charge in [-0.1, -0.05) is 35.9 Å². The van der Waals surface area contributed by atoms with Gasteiger partial charge in [-0.15, -0.1) is 0 Å². The summed E-state index contributed by atoms with van der Waals surface area (Å²) in [7, 11) is 1.64. The first-order chi connectivity index (χ1) is 15.0. The number of nitrogens with zero attached hydrogens (tertiary/aromatic N) is 1. The number of amides is 2. The number of nitrogens with one attached hydrogen (secondary N) is 1. The molecule has 3 N–H and O–H groups in total. The Labute approximate surface area is 183 Å². The fourth-order valence-corrected chi connectivity index (χ4v) is 4.50. The Kier molecular flexibility index (Phi) is 4.59. The lowest BCUT2D eigenvalue weighted by Gasteiger charge is -2.23. The zero-order valence-electron chi connectivity index (χ0n) is 16.7. The van der Waals surface area contributed by atoms with Crippen LogP contribution in [0.3, 0.4) is 0 Å². The number of hydrogen-bond acceptors (Lipinski definition) is 2. The van der Waals surface area contributed by atoms with Gasteiger partial charge in [-0.05, 0) is 52.6 Å². The van der Waals surface area contributed by atoms with Gasteiger partial charge < -0.3 is 20.4 Å². The number of carbonyl (C=O) groups is 1. The molecule has 0 spiro atoms. The molecule has 0 bridgehead atoms. The van der Waals surface area contributed by atoms with Crippen molar-refractivity contribution in [1.82, 2.24) is 9.88 Å². The molecule has 1 aliphatic rings. The van der Waals surface area contributed by atoms with Crippen LogP contribution in [-0.2, 0) is 6.54 Å². The molecule has 0 aliphatic carbocycles. The van der Waals surface area contributed by atoms with Crippen LogP contribution in [0.15, 0.2) is 60.8 Å². The van der Waals surface area contributed by atoms with E-state index < -0.39 is 11.8 Å². The van der Waals surface area contributed by atoms with Gasteiger partial charge in [0.05, 0.1) is 18.2 Å². The Morgan fingerprint density at radius 1 is 1.16 bits per heavy atom. The van der Waals surface area contributed by atoms with Crippen molar-refractivity contribution in [1.29, 1.82) is 0 Å². The minimum absolute atomic E-state index is 0.0329. The fourth-order valence-electron chi connectivity index (χ4n) is 4.34. The molecular weight excluding hydrogens is 417 g/mol. The normalized spacial score (nSPS) is 15.3. The molecule has 1 aliphatic heterocycles. The monoisotopic (exact) mass is 435 g/mol. The second kappa shape index (κ2) is 7.32. The predicted molar refractivity (Wildman–Crippen MR) is 119 cm³/mol. The number of rotatable bonds is 3. The topological polar surface area (TPSA) is 71.3 Å². The van der Waals surface area contributed by atoms with E-state index in [2.05, 4.69) is 11.1 Å². The zero-order valence-corrected chi connectivity index (χ0v) is 17.4. The lowest BCUT2D eigenvalue weighted by Crippen LogP contribution is -2.34. The van der Waals surface area contributed by atoms with Crippen molar-refractivity contribution < 1.29 is 13.9 Å². The summed E-state index contributed by atoms with van der Waals surface area (Å²) in [4.78, 5) is 17.0. The Bertz CT molecular complexity index is 1330. The number of carbonyl (C=O) groups excluding carboxylic acids is 1. The van der Waals surface area contributed by atoms with Gasteiger partial charge in [0.15, 0.2) is 0 Å². The van der Waals surface area contributed by atoms with E-state index in [4.69, 9.17) is 22.1 Å². The van der Waals surface area contributed by atoms with Crippen molar-refractivity contribution in [3.05, 3.63) is 88.3 Å². The second-order valence-electron chi connectivity index (χ2n) is 7.57. The Morgan fingerprint density at radius 2 is 1.97 bits per heavy atom. The Balaban J connectivity index is 1.63. The molecule has 0 fully saturated rings. The minimum atomic E-state index is -0.522. The van der Waals surface area contributed by atoms with E-state index >= 15 is 0 Å². The molecule has 3 aromatic carbocycles. The van der Waals surface area contributed by atoms with Crippen LogP contribution in [-0.4, -0.2) is 23.0 Å². The summed E-state index contributed by atoms with van der Waals surface area (Å²) < 4.78 is 19.2. The first-order valence-electron chi connectivity index (χ1n) is 9.75. The molecule has 1 atom stereocenters. The highest BCUT2D eigenvalue weighted by Crippen LogP contribution is 2.43. The standard InChI is InChI=1S/C24H19ClFN3O2/c1-31-16-4-2-3-13(8-16)14-5-6-17-15(7-14)12-29(24(27)30)23(17)19-11-28-22-10-21(26)20(25)9-18(19)22/h2-11,23,28H,12H2,1H3,(H2,27,30). The maximum Gasteiger partial charge on any atom is 0.315 e. The summed E-state index contributed by atoms with van der Waals surface area (Å²) in [6.45, 7) is 0.384. The highest BCUT2D eigenvalue weighted by Gasteiger charge is 2.35. The molecule has 31 heavy (non-hydrogen) atoms. The van der Waals surface area contributed by atoms with E-state index in [1.807, 2.05) is 36.4 Å². The van der Waals surface area contributed by atoms with Crippen molar-refractivity contribution in [2.24, 2.45) is 5.73 Å². The zero-order chi connectivity index (χ0) is 21.7. The molecule has 0 saturated carbocycles. The molecule has 7 heteroatoms. The molecule has 1 unspecified atom stereocenters. The summed E-state index contributed by atoms with van der Waals surface area (Å²) in [6, 6.07) is 16.0.